The van der Waals surface area contributed by atoms with Crippen molar-refractivity contribution < 1.29 is 14.6 Å². The quantitative estimate of drug-likeness (QED) is 0.641. The fourth-order valence-electron chi connectivity index (χ4n) is 1.80. The summed E-state index contributed by atoms with van der Waals surface area (Å²) in [7, 11) is 0. The fraction of sp³-hybridized carbons (Fsp3) is 0.400. The Balaban J connectivity index is 2.38. The molecule has 1 aliphatic rings. The largest absolute Gasteiger partial charge is 0.505 e. The van der Waals surface area contributed by atoms with Gasteiger partial charge in [-0.15, -0.1) is 0 Å². The van der Waals surface area contributed by atoms with E-state index in [2.05, 4.69) is 5.32 Å². The van der Waals surface area contributed by atoms with Gasteiger partial charge in [0.1, 0.15) is 0 Å². The number of phenolic OH excluding ortho intramolecular Hbond substituents is 2. The van der Waals surface area contributed by atoms with Gasteiger partial charge in [-0.3, -0.25) is 0 Å². The highest BCUT2D eigenvalue weighted by Gasteiger charge is 2.22. The van der Waals surface area contributed by atoms with Crippen molar-refractivity contribution in [3.8, 4) is 11.5 Å². The van der Waals surface area contributed by atoms with Gasteiger partial charge in [-0.2, -0.15) is 4.39 Å². The number of aromatic hydroxyl groups is 2. The number of nitrogens with one attached hydrogen (secondary N) is 1. The van der Waals surface area contributed by atoms with E-state index in [9.17, 15) is 9.50 Å². The Labute approximate surface area is 81.2 Å². The number of halogens is 1. The molecule has 4 heteroatoms. The van der Waals surface area contributed by atoms with Gasteiger partial charge in [0.25, 0.3) is 0 Å². The minimum atomic E-state index is -0.934. The third-order valence-electron chi connectivity index (χ3n) is 2.56. The van der Waals surface area contributed by atoms with Crippen LogP contribution in [0, 0.1) is 5.82 Å². The van der Waals surface area contributed by atoms with Gasteiger partial charge in [-0.25, -0.2) is 0 Å². The molecule has 0 bridgehead atoms. The monoisotopic (exact) mass is 197 g/mol. The molecule has 3 nitrogen and oxygen atoms in total. The fourth-order valence-corrected chi connectivity index (χ4v) is 1.80. The number of benzene rings is 1. The van der Waals surface area contributed by atoms with E-state index in [0.717, 1.165) is 19.4 Å². The van der Waals surface area contributed by atoms with Crippen LogP contribution < -0.4 is 5.32 Å². The smallest absolute Gasteiger partial charge is 0.206 e. The molecule has 0 aromatic heterocycles. The molecule has 1 fully saturated rings. The molecule has 1 atom stereocenters. The summed E-state index contributed by atoms with van der Waals surface area (Å²) in [6.45, 7) is 0.882. The molecule has 14 heavy (non-hydrogen) atoms. The molecular weight excluding hydrogens is 185 g/mol. The minimum Gasteiger partial charge on any atom is -0.505 e. The van der Waals surface area contributed by atoms with Gasteiger partial charge >= 0.3 is 0 Å². The van der Waals surface area contributed by atoms with Gasteiger partial charge in [0.05, 0.1) is 0 Å². The second-order valence-electron chi connectivity index (χ2n) is 3.49. The van der Waals surface area contributed by atoms with Crippen LogP contribution in [0.5, 0.6) is 11.5 Å². The lowest BCUT2D eigenvalue weighted by Gasteiger charge is -2.13. The van der Waals surface area contributed by atoms with Gasteiger partial charge in [0.15, 0.2) is 11.5 Å². The maximum atomic E-state index is 13.1. The van der Waals surface area contributed by atoms with E-state index >= 15 is 0 Å². The molecule has 1 saturated heterocycles. The summed E-state index contributed by atoms with van der Waals surface area (Å²) in [6, 6.07) is 2.83. The summed E-state index contributed by atoms with van der Waals surface area (Å²) in [4.78, 5) is 0. The first-order valence-corrected chi connectivity index (χ1v) is 4.64. The van der Waals surface area contributed by atoms with Crippen molar-refractivity contribution in [3.63, 3.8) is 0 Å². The summed E-state index contributed by atoms with van der Waals surface area (Å²) in [5, 5.41) is 21.6. The average molecular weight is 197 g/mol. The molecule has 1 heterocycles. The van der Waals surface area contributed by atoms with Crippen molar-refractivity contribution in [1.29, 1.82) is 0 Å². The van der Waals surface area contributed by atoms with Crippen molar-refractivity contribution in [2.24, 2.45) is 0 Å². The summed E-state index contributed by atoms with van der Waals surface area (Å²) < 4.78 is 13.1. The second kappa shape index (κ2) is 3.46. The first kappa shape index (κ1) is 9.27. The molecule has 0 radical (unpaired) electrons. The lowest BCUT2D eigenvalue weighted by atomic mass is 10.0. The van der Waals surface area contributed by atoms with E-state index in [-0.39, 0.29) is 6.04 Å². The van der Waals surface area contributed by atoms with Crippen LogP contribution in [0.25, 0.3) is 0 Å². The van der Waals surface area contributed by atoms with Crippen LogP contribution in [0.2, 0.25) is 0 Å². The van der Waals surface area contributed by atoms with Crippen molar-refractivity contribution in [2.45, 2.75) is 18.9 Å². The predicted octanol–water partition coefficient (Wildman–Crippen LogP) is 1.66. The maximum Gasteiger partial charge on any atom is 0.206 e. The van der Waals surface area contributed by atoms with E-state index in [4.69, 9.17) is 5.11 Å². The highest BCUT2D eigenvalue weighted by atomic mass is 19.1. The Bertz CT molecular complexity index is 348. The molecule has 0 saturated carbocycles. The van der Waals surface area contributed by atoms with Crippen LogP contribution in [0.15, 0.2) is 12.1 Å². The Hall–Kier alpha value is -1.29. The molecule has 1 aromatic carbocycles. The van der Waals surface area contributed by atoms with Crippen LogP contribution >= 0.6 is 0 Å². The molecule has 3 N–H and O–H groups in total. The minimum absolute atomic E-state index is 0.00472. The van der Waals surface area contributed by atoms with Crippen molar-refractivity contribution in [2.75, 3.05) is 6.54 Å². The third-order valence-corrected chi connectivity index (χ3v) is 2.56. The molecule has 76 valence electrons. The summed E-state index contributed by atoms with van der Waals surface area (Å²) in [5.74, 6) is -1.88. The van der Waals surface area contributed by atoms with Crippen molar-refractivity contribution >= 4 is 0 Å². The summed E-state index contributed by atoms with van der Waals surface area (Å²) in [5.41, 5.74) is 0.526. The van der Waals surface area contributed by atoms with Gasteiger partial charge < -0.3 is 15.5 Å². The van der Waals surface area contributed by atoms with Crippen LogP contribution in [-0.4, -0.2) is 16.8 Å². The van der Waals surface area contributed by atoms with Gasteiger partial charge in [0, 0.05) is 11.6 Å². The number of hydrogen-bond acceptors (Lipinski definition) is 3. The molecule has 0 aliphatic carbocycles. The first-order valence-electron chi connectivity index (χ1n) is 4.64. The van der Waals surface area contributed by atoms with E-state index in [1.54, 1.807) is 6.07 Å². The Morgan fingerprint density at radius 1 is 1.36 bits per heavy atom. The standard InChI is InChI=1S/C10H12FNO2/c11-9-8(13)4-3-6(10(9)14)7-2-1-5-12-7/h3-4,7,12-14H,1-2,5H2. The summed E-state index contributed by atoms with van der Waals surface area (Å²) in [6.07, 6.45) is 1.91. The second-order valence-corrected chi connectivity index (χ2v) is 3.49. The lowest BCUT2D eigenvalue weighted by molar-refractivity contribution is 0.380. The molecule has 1 aliphatic heterocycles. The molecule has 1 aromatic rings. The van der Waals surface area contributed by atoms with Crippen LogP contribution in [-0.2, 0) is 0 Å². The zero-order valence-electron chi connectivity index (χ0n) is 7.63. The topological polar surface area (TPSA) is 52.5 Å². The van der Waals surface area contributed by atoms with Gasteiger partial charge in [0.2, 0.25) is 5.82 Å². The van der Waals surface area contributed by atoms with Crippen LogP contribution in [0.3, 0.4) is 0 Å². The zero-order chi connectivity index (χ0) is 10.1. The Morgan fingerprint density at radius 2 is 2.14 bits per heavy atom. The highest BCUT2D eigenvalue weighted by Crippen LogP contribution is 2.35. The van der Waals surface area contributed by atoms with Crippen molar-refractivity contribution in [1.82, 2.24) is 5.32 Å². The molecule has 0 amide bonds. The third kappa shape index (κ3) is 1.42. The Morgan fingerprint density at radius 3 is 2.79 bits per heavy atom. The summed E-state index contributed by atoms with van der Waals surface area (Å²) >= 11 is 0. The molecule has 2 rings (SSSR count). The average Bonchev–Trinajstić information content (AvgIpc) is 2.67. The number of phenols is 2. The van der Waals surface area contributed by atoms with Crippen LogP contribution in [0.1, 0.15) is 24.4 Å². The number of rotatable bonds is 1. The first-order chi connectivity index (χ1) is 6.70. The van der Waals surface area contributed by atoms with E-state index in [0.29, 0.717) is 5.56 Å². The van der Waals surface area contributed by atoms with E-state index < -0.39 is 17.3 Å². The normalized spacial score (nSPS) is 21.4. The zero-order valence-corrected chi connectivity index (χ0v) is 7.63. The molecular formula is C10H12FNO2. The SMILES string of the molecule is Oc1ccc(C2CCCN2)c(O)c1F. The maximum absolute atomic E-state index is 13.1. The van der Waals surface area contributed by atoms with E-state index in [1.165, 1.54) is 6.07 Å². The molecule has 0 spiro atoms. The van der Waals surface area contributed by atoms with Gasteiger partial charge in [-0.1, -0.05) is 0 Å². The predicted molar refractivity (Wildman–Crippen MR) is 49.7 cm³/mol. The molecule has 1 unspecified atom stereocenters. The van der Waals surface area contributed by atoms with Crippen LogP contribution in [0.4, 0.5) is 4.39 Å². The lowest BCUT2D eigenvalue weighted by Crippen LogP contribution is -2.13. The van der Waals surface area contributed by atoms with E-state index in [1.807, 2.05) is 0 Å². The Kier molecular flexibility index (Phi) is 2.29. The number of hydrogen-bond donors (Lipinski definition) is 3. The highest BCUT2D eigenvalue weighted by molar-refractivity contribution is 5.42. The van der Waals surface area contributed by atoms with Crippen molar-refractivity contribution in [3.05, 3.63) is 23.5 Å². The van der Waals surface area contributed by atoms with Gasteiger partial charge in [-0.05, 0) is 31.5 Å².